The van der Waals surface area contributed by atoms with Gasteiger partial charge in [0, 0.05) is 70.0 Å². The maximum atomic E-state index is 12.9. The van der Waals surface area contributed by atoms with Gasteiger partial charge in [0.25, 0.3) is 0 Å². The van der Waals surface area contributed by atoms with Gasteiger partial charge in [-0.15, -0.1) is 0 Å². The van der Waals surface area contributed by atoms with Crippen molar-refractivity contribution < 1.29 is 34.3 Å². The van der Waals surface area contributed by atoms with Crippen LogP contribution in [0, 0.1) is 34.5 Å². The summed E-state index contributed by atoms with van der Waals surface area (Å²) in [6, 6.07) is -0.386. The Bertz CT molecular complexity index is 814. The molecule has 0 radical (unpaired) electrons. The number of ether oxygens (including phenoxy) is 4. The fraction of sp³-hybridized carbons (Fsp3) is 1.00. The van der Waals surface area contributed by atoms with Crippen LogP contribution in [-0.4, -0.2) is 110 Å². The first-order valence-electron chi connectivity index (χ1n) is 12.7. The highest BCUT2D eigenvalue weighted by Gasteiger charge is 2.91. The minimum Gasteiger partial charge on any atom is -0.392 e. The van der Waals surface area contributed by atoms with Crippen molar-refractivity contribution in [2.75, 3.05) is 48.1 Å². The predicted octanol–water partition coefficient (Wildman–Crippen LogP) is 0.271. The van der Waals surface area contributed by atoms with Gasteiger partial charge in [0.15, 0.2) is 0 Å². The molecule has 5 aliphatic carbocycles. The average Bonchev–Trinajstić information content (AvgIpc) is 3.22. The Labute approximate surface area is 196 Å². The molecule has 1 aliphatic heterocycles. The van der Waals surface area contributed by atoms with E-state index >= 15 is 0 Å². The van der Waals surface area contributed by atoms with Crippen LogP contribution < -0.4 is 0 Å². The highest BCUT2D eigenvalue weighted by Crippen LogP contribution is 2.80. The van der Waals surface area contributed by atoms with E-state index in [0.29, 0.717) is 19.4 Å². The lowest BCUT2D eigenvalue weighted by molar-refractivity contribution is -0.318. The van der Waals surface area contributed by atoms with Crippen molar-refractivity contribution in [2.24, 2.45) is 34.5 Å². The second-order valence-electron chi connectivity index (χ2n) is 11.9. The Morgan fingerprint density at radius 1 is 1.06 bits per heavy atom. The molecule has 0 aromatic heterocycles. The molecule has 13 atom stereocenters. The molecule has 0 aromatic carbocycles. The molecule has 1 heterocycles. The van der Waals surface area contributed by atoms with E-state index in [-0.39, 0.29) is 47.3 Å². The smallest absolute Gasteiger partial charge is 0.136 e. The molecule has 8 heteroatoms. The molecule has 5 saturated carbocycles. The fourth-order valence-corrected chi connectivity index (χ4v) is 11.0. The van der Waals surface area contributed by atoms with E-state index in [1.165, 1.54) is 0 Å². The Kier molecular flexibility index (Phi) is 4.99. The van der Waals surface area contributed by atoms with Crippen molar-refractivity contribution in [3.8, 4) is 0 Å². The number of hydrogen-bond donors (Lipinski definition) is 3. The summed E-state index contributed by atoms with van der Waals surface area (Å²) in [4.78, 5) is 2.33. The Morgan fingerprint density at radius 2 is 1.82 bits per heavy atom. The van der Waals surface area contributed by atoms with Gasteiger partial charge in [-0.25, -0.2) is 0 Å². The number of aliphatic hydroxyl groups is 3. The zero-order valence-electron chi connectivity index (χ0n) is 20.6. The topological polar surface area (TPSA) is 101 Å². The third-order valence-electron chi connectivity index (χ3n) is 11.5. The van der Waals surface area contributed by atoms with E-state index in [0.717, 1.165) is 25.9 Å². The van der Waals surface area contributed by atoms with Gasteiger partial charge in [0.2, 0.25) is 0 Å². The van der Waals surface area contributed by atoms with Crippen molar-refractivity contribution in [2.45, 2.75) is 74.3 Å². The van der Waals surface area contributed by atoms with Crippen LogP contribution in [0.5, 0.6) is 0 Å². The Morgan fingerprint density at radius 3 is 2.42 bits per heavy atom. The number of hydrogen-bond acceptors (Lipinski definition) is 8. The molecule has 3 N–H and O–H groups in total. The van der Waals surface area contributed by atoms with E-state index in [9.17, 15) is 15.3 Å². The van der Waals surface area contributed by atoms with Crippen LogP contribution in [0.4, 0.5) is 0 Å². The lowest BCUT2D eigenvalue weighted by Gasteiger charge is -2.69. The van der Waals surface area contributed by atoms with E-state index in [1.807, 2.05) is 0 Å². The number of likely N-dealkylation sites (N-methyl/N-ethyl adjacent to an activating group) is 1. The second kappa shape index (κ2) is 7.13. The number of methoxy groups -OCH3 is 4. The SMILES string of the molecule is CCN1C[C@]2(COC)CC[C@H](O)C34C1C(O)([C@@H](OC)[C@@H]32)[C@@]1(O)C[C@H](OC)[C@@H]2C[C@@H]4[C@@H]1[C@H]2OC. The van der Waals surface area contributed by atoms with Gasteiger partial charge in [-0.1, -0.05) is 6.92 Å². The van der Waals surface area contributed by atoms with Gasteiger partial charge in [-0.2, -0.15) is 0 Å². The summed E-state index contributed by atoms with van der Waals surface area (Å²) in [6.45, 7) is 4.18. The van der Waals surface area contributed by atoms with Crippen LogP contribution in [0.1, 0.15) is 32.6 Å². The van der Waals surface area contributed by atoms with Crippen molar-refractivity contribution in [3.05, 3.63) is 0 Å². The first-order valence-corrected chi connectivity index (χ1v) is 12.7. The van der Waals surface area contributed by atoms with Gasteiger partial charge < -0.3 is 34.3 Å². The van der Waals surface area contributed by atoms with E-state index in [2.05, 4.69) is 11.8 Å². The summed E-state index contributed by atoms with van der Waals surface area (Å²) in [7, 11) is 6.79. The quantitative estimate of drug-likeness (QED) is 0.512. The van der Waals surface area contributed by atoms with Gasteiger partial charge >= 0.3 is 0 Å². The fourth-order valence-electron chi connectivity index (χ4n) is 11.0. The maximum Gasteiger partial charge on any atom is 0.136 e. The molecule has 8 nitrogen and oxygen atoms in total. The predicted molar refractivity (Wildman–Crippen MR) is 119 cm³/mol. The molecule has 7 bridgehead atoms. The number of likely N-dealkylation sites (tertiary alicyclic amines) is 1. The molecular weight excluding hydrogens is 426 g/mol. The Hall–Kier alpha value is -0.320. The standard InChI is InChI=1S/C25H41NO7/c1-6-26-11-22(12-30-2)8-7-16(27)24-14-9-13-15(31-3)10-23(28,17(14)18(13)32-4)25(29,21(24)26)20(33-5)19(22)24/h13-21,27-29H,6-12H2,1-5H3/t13-,14+,15-,16-,17+,18-,19+,20-,21?,22-,23+,24?,25?/m0/s1. The molecule has 6 fully saturated rings. The van der Waals surface area contributed by atoms with Crippen molar-refractivity contribution in [1.29, 1.82) is 0 Å². The summed E-state index contributed by atoms with van der Waals surface area (Å²) in [5, 5.41) is 37.6. The van der Waals surface area contributed by atoms with E-state index in [4.69, 9.17) is 18.9 Å². The lowest BCUT2D eigenvalue weighted by Crippen LogP contribution is -2.82. The zero-order chi connectivity index (χ0) is 23.6. The van der Waals surface area contributed by atoms with Gasteiger partial charge in [0.1, 0.15) is 11.2 Å². The maximum absolute atomic E-state index is 12.9. The second-order valence-corrected chi connectivity index (χ2v) is 11.9. The third-order valence-corrected chi connectivity index (χ3v) is 11.5. The zero-order valence-corrected chi connectivity index (χ0v) is 20.6. The summed E-state index contributed by atoms with van der Waals surface area (Å²) in [5.74, 6) is -0.231. The Balaban J connectivity index is 1.67. The van der Waals surface area contributed by atoms with Crippen LogP contribution in [-0.2, 0) is 18.9 Å². The summed E-state index contributed by atoms with van der Waals surface area (Å²) >= 11 is 0. The molecule has 1 spiro atoms. The van der Waals surface area contributed by atoms with Crippen LogP contribution in [0.15, 0.2) is 0 Å². The van der Waals surface area contributed by atoms with Crippen molar-refractivity contribution in [3.63, 3.8) is 0 Å². The monoisotopic (exact) mass is 467 g/mol. The van der Waals surface area contributed by atoms with Crippen LogP contribution in [0.3, 0.4) is 0 Å². The number of aliphatic hydroxyl groups excluding tert-OH is 1. The van der Waals surface area contributed by atoms with Crippen LogP contribution >= 0.6 is 0 Å². The molecule has 6 rings (SSSR count). The van der Waals surface area contributed by atoms with Crippen molar-refractivity contribution >= 4 is 0 Å². The first kappa shape index (κ1) is 23.1. The van der Waals surface area contributed by atoms with Gasteiger partial charge in [-0.3, -0.25) is 4.90 Å². The van der Waals surface area contributed by atoms with Gasteiger partial charge in [0.05, 0.1) is 37.1 Å². The molecule has 6 aliphatic rings. The molecule has 1 saturated heterocycles. The summed E-state index contributed by atoms with van der Waals surface area (Å²) < 4.78 is 24.0. The average molecular weight is 468 g/mol. The molecule has 3 unspecified atom stereocenters. The number of piperidine rings is 1. The normalized spacial score (nSPS) is 60.9. The molecule has 0 amide bonds. The minimum absolute atomic E-state index is 0.00825. The molecule has 0 aromatic rings. The summed E-state index contributed by atoms with van der Waals surface area (Å²) in [5.41, 5.74) is -3.82. The van der Waals surface area contributed by atoms with E-state index in [1.54, 1.807) is 28.4 Å². The molecular formula is C25H41NO7. The largest absolute Gasteiger partial charge is 0.392 e. The number of rotatable bonds is 6. The van der Waals surface area contributed by atoms with Crippen LogP contribution in [0.25, 0.3) is 0 Å². The lowest BCUT2D eigenvalue weighted by atomic mass is 9.42. The minimum atomic E-state index is -1.55. The van der Waals surface area contributed by atoms with E-state index < -0.39 is 28.8 Å². The molecule has 33 heavy (non-hydrogen) atoms. The highest BCUT2D eigenvalue weighted by atomic mass is 16.5. The van der Waals surface area contributed by atoms with Crippen LogP contribution in [0.2, 0.25) is 0 Å². The third kappa shape index (κ3) is 2.20. The van der Waals surface area contributed by atoms with Crippen molar-refractivity contribution in [1.82, 2.24) is 4.90 Å². The first-order chi connectivity index (χ1) is 15.8. The molecule has 188 valence electrons. The number of nitrogens with zero attached hydrogens (tertiary/aromatic N) is 1. The van der Waals surface area contributed by atoms with Gasteiger partial charge in [-0.05, 0) is 31.7 Å². The highest BCUT2D eigenvalue weighted by molar-refractivity contribution is 5.41. The number of fused-ring (bicyclic) bond motifs is 2. The summed E-state index contributed by atoms with van der Waals surface area (Å²) in [6.07, 6.45) is 1.06.